The van der Waals surface area contributed by atoms with Crippen LogP contribution in [0.2, 0.25) is 0 Å². The lowest BCUT2D eigenvalue weighted by Crippen LogP contribution is -2.47. The highest BCUT2D eigenvalue weighted by Crippen LogP contribution is 2.30. The maximum Gasteiger partial charge on any atom is 0.325 e. The largest absolute Gasteiger partial charge is 0.340 e. The van der Waals surface area contributed by atoms with Gasteiger partial charge in [0.1, 0.15) is 12.1 Å². The number of imide groups is 1. The summed E-state index contributed by atoms with van der Waals surface area (Å²) in [4.78, 5) is 45.1. The Morgan fingerprint density at radius 1 is 1.46 bits per heavy atom. The summed E-state index contributed by atoms with van der Waals surface area (Å²) in [6.07, 6.45) is 3.77. The van der Waals surface area contributed by atoms with Gasteiger partial charge in [0.2, 0.25) is 5.91 Å². The van der Waals surface area contributed by atoms with E-state index in [4.69, 9.17) is 0 Å². The fourth-order valence-corrected chi connectivity index (χ4v) is 4.06. The number of rotatable bonds is 3. The molecular formula is C16H22N4O3S. The number of hydrogen-bond acceptors (Lipinski definition) is 5. The smallest absolute Gasteiger partial charge is 0.325 e. The Morgan fingerprint density at radius 3 is 2.79 bits per heavy atom. The third kappa shape index (κ3) is 3.15. The van der Waals surface area contributed by atoms with Gasteiger partial charge in [0, 0.05) is 30.1 Å². The van der Waals surface area contributed by atoms with Crippen molar-refractivity contribution in [3.05, 3.63) is 16.1 Å². The Morgan fingerprint density at radius 2 is 2.21 bits per heavy atom. The van der Waals surface area contributed by atoms with E-state index in [9.17, 15) is 14.4 Å². The van der Waals surface area contributed by atoms with Crippen molar-refractivity contribution in [2.75, 3.05) is 19.6 Å². The molecule has 0 aromatic carbocycles. The molecule has 0 unspecified atom stereocenters. The van der Waals surface area contributed by atoms with Gasteiger partial charge in [0.15, 0.2) is 0 Å². The van der Waals surface area contributed by atoms with Gasteiger partial charge in [-0.1, -0.05) is 0 Å². The number of likely N-dealkylation sites (tertiary alicyclic amines) is 1. The summed E-state index contributed by atoms with van der Waals surface area (Å²) in [7, 11) is 0. The van der Waals surface area contributed by atoms with Gasteiger partial charge in [-0.2, -0.15) is 0 Å². The zero-order valence-electron chi connectivity index (χ0n) is 14.2. The molecule has 0 spiro atoms. The monoisotopic (exact) mass is 350 g/mol. The van der Waals surface area contributed by atoms with Crippen molar-refractivity contribution in [3.63, 3.8) is 0 Å². The minimum absolute atomic E-state index is 0.186. The van der Waals surface area contributed by atoms with Crippen LogP contribution in [0, 0.1) is 6.92 Å². The molecule has 3 heterocycles. The number of thiazole rings is 1. The van der Waals surface area contributed by atoms with Crippen molar-refractivity contribution in [1.29, 1.82) is 0 Å². The van der Waals surface area contributed by atoms with E-state index in [2.05, 4.69) is 10.3 Å². The fraction of sp³-hybridized carbons (Fsp3) is 0.625. The van der Waals surface area contributed by atoms with Gasteiger partial charge in [-0.05, 0) is 33.6 Å². The van der Waals surface area contributed by atoms with Crippen molar-refractivity contribution in [2.45, 2.75) is 45.1 Å². The third-order valence-electron chi connectivity index (χ3n) is 4.50. The number of nitrogens with one attached hydrogen (secondary N) is 1. The van der Waals surface area contributed by atoms with Crippen LogP contribution in [-0.2, 0) is 9.59 Å². The topological polar surface area (TPSA) is 82.6 Å². The quantitative estimate of drug-likeness (QED) is 0.837. The molecule has 8 heteroatoms. The number of carbonyl (C=O) groups is 3. The molecule has 1 aromatic rings. The average molecular weight is 350 g/mol. The minimum Gasteiger partial charge on any atom is -0.340 e. The lowest BCUT2D eigenvalue weighted by Gasteiger charge is -2.32. The van der Waals surface area contributed by atoms with Crippen LogP contribution < -0.4 is 5.32 Å². The maximum atomic E-state index is 12.6. The van der Waals surface area contributed by atoms with Crippen LogP contribution in [0.5, 0.6) is 0 Å². The van der Waals surface area contributed by atoms with Crippen molar-refractivity contribution < 1.29 is 14.4 Å². The number of aryl methyl sites for hydroxylation is 1. The van der Waals surface area contributed by atoms with Crippen LogP contribution in [0.4, 0.5) is 4.79 Å². The van der Waals surface area contributed by atoms with Crippen LogP contribution in [0.15, 0.2) is 6.20 Å². The van der Waals surface area contributed by atoms with Crippen LogP contribution in [0.25, 0.3) is 0 Å². The summed E-state index contributed by atoms with van der Waals surface area (Å²) in [6, 6.07) is -0.498. The highest BCUT2D eigenvalue weighted by molar-refractivity contribution is 7.11. The van der Waals surface area contributed by atoms with E-state index in [1.165, 1.54) is 0 Å². The van der Waals surface area contributed by atoms with Crippen molar-refractivity contribution >= 4 is 29.2 Å². The predicted molar refractivity (Wildman–Crippen MR) is 89.7 cm³/mol. The predicted octanol–water partition coefficient (Wildman–Crippen LogP) is 1.49. The molecule has 0 saturated carbocycles. The fourth-order valence-electron chi connectivity index (χ4n) is 3.16. The Hall–Kier alpha value is -1.96. The van der Waals surface area contributed by atoms with E-state index >= 15 is 0 Å². The summed E-state index contributed by atoms with van der Waals surface area (Å²) in [6.45, 7) is 6.36. The maximum absolute atomic E-state index is 12.6. The van der Waals surface area contributed by atoms with Gasteiger partial charge >= 0.3 is 6.03 Å². The van der Waals surface area contributed by atoms with E-state index in [1.54, 1.807) is 30.1 Å². The molecule has 7 nitrogen and oxygen atoms in total. The van der Waals surface area contributed by atoms with E-state index in [-0.39, 0.29) is 24.3 Å². The molecule has 2 saturated heterocycles. The van der Waals surface area contributed by atoms with Crippen molar-refractivity contribution in [3.8, 4) is 0 Å². The summed E-state index contributed by atoms with van der Waals surface area (Å²) in [5.41, 5.74) is -0.944. The number of nitrogens with zero attached hydrogens (tertiary/aromatic N) is 3. The SMILES string of the molecule is Cc1cnc([C@@H]2CCCN(C(=O)CN3C(=O)NC(C)(C)C3=O)C2)s1. The number of piperidine rings is 1. The Kier molecular flexibility index (Phi) is 4.33. The molecule has 3 rings (SSSR count). The number of carbonyl (C=O) groups excluding carboxylic acids is 3. The molecule has 1 aromatic heterocycles. The van der Waals surface area contributed by atoms with Crippen molar-refractivity contribution in [1.82, 2.24) is 20.1 Å². The first-order chi connectivity index (χ1) is 11.3. The van der Waals surface area contributed by atoms with Gasteiger partial charge in [-0.25, -0.2) is 9.78 Å². The molecule has 0 bridgehead atoms. The molecule has 0 aliphatic carbocycles. The molecule has 1 N–H and O–H groups in total. The van der Waals surface area contributed by atoms with Gasteiger partial charge in [-0.15, -0.1) is 11.3 Å². The first kappa shape index (κ1) is 16.9. The Bertz CT molecular complexity index is 685. The minimum atomic E-state index is -0.944. The normalized spacial score (nSPS) is 23.5. The van der Waals surface area contributed by atoms with Crippen LogP contribution in [0.3, 0.4) is 0 Å². The molecule has 2 aliphatic heterocycles. The lowest BCUT2D eigenvalue weighted by molar-refractivity contribution is -0.139. The lowest BCUT2D eigenvalue weighted by atomic mass is 9.98. The number of hydrogen-bond donors (Lipinski definition) is 1. The number of urea groups is 1. The molecule has 2 aliphatic rings. The van der Waals surface area contributed by atoms with Gasteiger partial charge < -0.3 is 10.2 Å². The molecule has 4 amide bonds. The zero-order chi connectivity index (χ0) is 17.5. The molecule has 130 valence electrons. The number of aromatic nitrogens is 1. The van der Waals surface area contributed by atoms with Gasteiger partial charge in [-0.3, -0.25) is 14.5 Å². The van der Waals surface area contributed by atoms with E-state index in [0.717, 1.165) is 27.6 Å². The summed E-state index contributed by atoms with van der Waals surface area (Å²) >= 11 is 1.66. The molecule has 0 radical (unpaired) electrons. The number of amides is 4. The highest BCUT2D eigenvalue weighted by Gasteiger charge is 2.45. The second-order valence-corrected chi connectivity index (χ2v) is 8.20. The first-order valence-corrected chi connectivity index (χ1v) is 8.94. The third-order valence-corrected chi connectivity index (χ3v) is 5.58. The Balaban J connectivity index is 1.65. The molecule has 2 fully saturated rings. The standard InChI is InChI=1S/C16H22N4O3S/c1-10-7-17-13(24-10)11-5-4-6-19(8-11)12(21)9-20-14(22)16(2,3)18-15(20)23/h7,11H,4-6,8-9H2,1-3H3,(H,18,23)/t11-/m1/s1. The van der Waals surface area contributed by atoms with Crippen molar-refractivity contribution in [2.24, 2.45) is 0 Å². The van der Waals surface area contributed by atoms with E-state index in [1.807, 2.05) is 13.1 Å². The van der Waals surface area contributed by atoms with Crippen LogP contribution in [0.1, 0.15) is 42.5 Å². The zero-order valence-corrected chi connectivity index (χ0v) is 15.0. The van der Waals surface area contributed by atoms with E-state index < -0.39 is 11.6 Å². The summed E-state index contributed by atoms with van der Waals surface area (Å²) in [5.74, 6) is -0.305. The van der Waals surface area contributed by atoms with Gasteiger partial charge in [0.25, 0.3) is 5.91 Å². The second-order valence-electron chi connectivity index (χ2n) is 6.93. The first-order valence-electron chi connectivity index (χ1n) is 8.12. The van der Waals surface area contributed by atoms with Crippen LogP contribution in [-0.4, -0.2) is 57.8 Å². The summed E-state index contributed by atoms with van der Waals surface area (Å²) < 4.78 is 0. The summed E-state index contributed by atoms with van der Waals surface area (Å²) in [5, 5.41) is 3.65. The average Bonchev–Trinajstić information content (AvgIpc) is 3.04. The molecular weight excluding hydrogens is 328 g/mol. The molecule has 1 atom stereocenters. The Labute approximate surface area is 145 Å². The van der Waals surface area contributed by atoms with Crippen LogP contribution >= 0.6 is 11.3 Å². The highest BCUT2D eigenvalue weighted by atomic mass is 32.1. The molecule has 24 heavy (non-hydrogen) atoms. The van der Waals surface area contributed by atoms with E-state index in [0.29, 0.717) is 13.1 Å². The van der Waals surface area contributed by atoms with Gasteiger partial charge in [0.05, 0.1) is 5.01 Å². The second kappa shape index (κ2) is 6.16.